The Kier molecular flexibility index (Phi) is 6.19. The molecule has 0 bridgehead atoms. The molecule has 170 valence electrons. The van der Waals surface area contributed by atoms with E-state index in [1.54, 1.807) is 16.8 Å². The highest BCUT2D eigenvalue weighted by Gasteiger charge is 2.16. The second-order valence-electron chi connectivity index (χ2n) is 7.67. The summed E-state index contributed by atoms with van der Waals surface area (Å²) in [6.07, 6.45) is 5.51. The van der Waals surface area contributed by atoms with Gasteiger partial charge >= 0.3 is 0 Å². The Balaban J connectivity index is 1.46. The van der Waals surface area contributed by atoms with Crippen molar-refractivity contribution in [2.45, 2.75) is 12.6 Å². The summed E-state index contributed by atoms with van der Waals surface area (Å²) < 4.78 is 16.0. The monoisotopic (exact) mass is 455 g/mol. The molecule has 0 aliphatic carbocycles. The van der Waals surface area contributed by atoms with Gasteiger partial charge in [0.25, 0.3) is 0 Å². The third-order valence-electron chi connectivity index (χ3n) is 5.35. The van der Waals surface area contributed by atoms with Gasteiger partial charge in [-0.25, -0.2) is 13.9 Å². The number of halogens is 1. The molecule has 0 fully saturated rings. The van der Waals surface area contributed by atoms with Crippen LogP contribution in [0.1, 0.15) is 17.2 Å². The maximum atomic E-state index is 14.4. The van der Waals surface area contributed by atoms with Gasteiger partial charge in [0.15, 0.2) is 11.6 Å². The Labute approximate surface area is 195 Å². The van der Waals surface area contributed by atoms with Crippen molar-refractivity contribution in [1.82, 2.24) is 29.9 Å². The minimum Gasteiger partial charge on any atom is -0.387 e. The Morgan fingerprint density at radius 2 is 1.85 bits per heavy atom. The molecule has 5 aromatic rings. The van der Waals surface area contributed by atoms with Crippen LogP contribution < -0.4 is 10.6 Å². The number of rotatable bonds is 8. The van der Waals surface area contributed by atoms with Crippen molar-refractivity contribution in [3.63, 3.8) is 0 Å². The van der Waals surface area contributed by atoms with Crippen LogP contribution in [0.25, 0.3) is 17.0 Å². The molecule has 9 heteroatoms. The van der Waals surface area contributed by atoms with Crippen molar-refractivity contribution in [3.8, 4) is 11.5 Å². The fourth-order valence-electron chi connectivity index (χ4n) is 3.66. The first-order chi connectivity index (χ1) is 16.7. The van der Waals surface area contributed by atoms with Crippen molar-refractivity contribution < 1.29 is 9.50 Å². The quantitative estimate of drug-likeness (QED) is 0.326. The molecule has 1 aromatic carbocycles. The fourth-order valence-corrected chi connectivity index (χ4v) is 3.66. The van der Waals surface area contributed by atoms with Crippen LogP contribution in [0.5, 0.6) is 0 Å². The Bertz CT molecular complexity index is 1390. The van der Waals surface area contributed by atoms with Crippen molar-refractivity contribution in [1.29, 1.82) is 0 Å². The minimum atomic E-state index is -0.634. The van der Waals surface area contributed by atoms with Crippen molar-refractivity contribution in [2.24, 2.45) is 0 Å². The summed E-state index contributed by atoms with van der Waals surface area (Å²) >= 11 is 0. The van der Waals surface area contributed by atoms with Crippen LogP contribution in [0.3, 0.4) is 0 Å². The van der Waals surface area contributed by atoms with E-state index in [-0.39, 0.29) is 5.69 Å². The lowest BCUT2D eigenvalue weighted by molar-refractivity contribution is 0.174. The third-order valence-corrected chi connectivity index (χ3v) is 5.35. The van der Waals surface area contributed by atoms with Crippen molar-refractivity contribution in [2.75, 3.05) is 11.9 Å². The average Bonchev–Trinajstić information content (AvgIpc) is 3.29. The van der Waals surface area contributed by atoms with Crippen LogP contribution in [0, 0.1) is 5.82 Å². The van der Waals surface area contributed by atoms with Crippen molar-refractivity contribution in [3.05, 3.63) is 102 Å². The normalized spacial score (nSPS) is 12.1. The Morgan fingerprint density at radius 1 is 1.00 bits per heavy atom. The molecular formula is C25H22FN7O. The Hall–Kier alpha value is -4.21. The van der Waals surface area contributed by atoms with E-state index in [0.717, 1.165) is 17.3 Å². The molecule has 0 aliphatic rings. The molecule has 0 saturated carbocycles. The number of aromatic nitrogens is 5. The number of hydrogen-bond donors (Lipinski definition) is 3. The molecule has 0 saturated heterocycles. The van der Waals surface area contributed by atoms with E-state index < -0.39 is 11.9 Å². The highest BCUT2D eigenvalue weighted by Crippen LogP contribution is 2.27. The maximum Gasteiger partial charge on any atom is 0.200 e. The molecule has 3 N–H and O–H groups in total. The van der Waals surface area contributed by atoms with Gasteiger partial charge in [-0.15, -0.1) is 5.10 Å². The first-order valence-corrected chi connectivity index (χ1v) is 10.8. The molecule has 34 heavy (non-hydrogen) atoms. The standard InChI is InChI=1S/C25H22FN7O/c26-19-15-27-12-9-20(19)30-25-23-18(14-28-16-22(34)17-6-2-1-3-7-17)10-13-33(23)32-24(31-25)21-8-4-5-11-29-21/h1-13,15,22,28,34H,14,16H2,(H,27,30,31,32)/t22-/m0/s1. The number of anilines is 2. The van der Waals surface area contributed by atoms with Gasteiger partial charge < -0.3 is 15.7 Å². The number of hydrogen-bond acceptors (Lipinski definition) is 7. The van der Waals surface area contributed by atoms with Crippen LogP contribution in [-0.2, 0) is 6.54 Å². The molecule has 8 nitrogen and oxygen atoms in total. The van der Waals surface area contributed by atoms with E-state index in [0.29, 0.717) is 35.9 Å². The van der Waals surface area contributed by atoms with E-state index in [1.807, 2.05) is 60.8 Å². The highest BCUT2D eigenvalue weighted by atomic mass is 19.1. The summed E-state index contributed by atoms with van der Waals surface area (Å²) in [4.78, 5) is 12.8. The second-order valence-corrected chi connectivity index (χ2v) is 7.67. The second kappa shape index (κ2) is 9.74. The van der Waals surface area contributed by atoms with Crippen LogP contribution in [0.2, 0.25) is 0 Å². The predicted molar refractivity (Wildman–Crippen MR) is 127 cm³/mol. The predicted octanol–water partition coefficient (Wildman–Crippen LogP) is 3.89. The third kappa shape index (κ3) is 4.61. The zero-order valence-electron chi connectivity index (χ0n) is 18.1. The van der Waals surface area contributed by atoms with Crippen LogP contribution in [0.15, 0.2) is 85.5 Å². The molecule has 0 amide bonds. The van der Waals surface area contributed by atoms with Gasteiger partial charge in [0.2, 0.25) is 5.82 Å². The number of aliphatic hydroxyl groups excluding tert-OH is 1. The van der Waals surface area contributed by atoms with Crippen LogP contribution >= 0.6 is 0 Å². The smallest absolute Gasteiger partial charge is 0.200 e. The van der Waals surface area contributed by atoms with E-state index in [4.69, 9.17) is 0 Å². The summed E-state index contributed by atoms with van der Waals surface area (Å²) in [6, 6.07) is 18.4. The molecule has 0 spiro atoms. The lowest BCUT2D eigenvalue weighted by Crippen LogP contribution is -2.21. The summed E-state index contributed by atoms with van der Waals surface area (Å²) in [5.41, 5.74) is 3.28. The largest absolute Gasteiger partial charge is 0.387 e. The molecule has 0 radical (unpaired) electrons. The van der Waals surface area contributed by atoms with E-state index >= 15 is 0 Å². The number of nitrogens with one attached hydrogen (secondary N) is 2. The van der Waals surface area contributed by atoms with E-state index in [2.05, 4.69) is 30.7 Å². The number of fused-ring (bicyclic) bond motifs is 1. The lowest BCUT2D eigenvalue weighted by Gasteiger charge is -2.14. The zero-order chi connectivity index (χ0) is 23.3. The zero-order valence-corrected chi connectivity index (χ0v) is 18.1. The van der Waals surface area contributed by atoms with Gasteiger partial charge in [0.1, 0.15) is 11.2 Å². The molecule has 4 aromatic heterocycles. The molecular weight excluding hydrogens is 433 g/mol. The summed E-state index contributed by atoms with van der Waals surface area (Å²) in [7, 11) is 0. The maximum absolute atomic E-state index is 14.4. The summed E-state index contributed by atoms with van der Waals surface area (Å²) in [5, 5.41) is 21.4. The van der Waals surface area contributed by atoms with Gasteiger partial charge in [-0.05, 0) is 35.4 Å². The lowest BCUT2D eigenvalue weighted by atomic mass is 10.1. The fraction of sp³-hybridized carbons (Fsp3) is 0.120. The first kappa shape index (κ1) is 21.6. The number of nitrogens with zero attached hydrogens (tertiary/aromatic N) is 5. The summed E-state index contributed by atoms with van der Waals surface area (Å²) in [5.74, 6) is 0.349. The average molecular weight is 455 g/mol. The van der Waals surface area contributed by atoms with E-state index in [9.17, 15) is 9.50 Å². The van der Waals surface area contributed by atoms with Crippen LogP contribution in [-0.4, -0.2) is 36.2 Å². The van der Waals surface area contributed by atoms with Crippen molar-refractivity contribution >= 4 is 17.0 Å². The van der Waals surface area contributed by atoms with E-state index in [1.165, 1.54) is 6.20 Å². The Morgan fingerprint density at radius 3 is 2.65 bits per heavy atom. The van der Waals surface area contributed by atoms with Gasteiger partial charge in [0.05, 0.1) is 18.0 Å². The minimum absolute atomic E-state index is 0.252. The van der Waals surface area contributed by atoms with Crippen LogP contribution in [0.4, 0.5) is 15.9 Å². The molecule has 0 unspecified atom stereocenters. The SMILES string of the molecule is O[C@@H](CNCc1ccn2nc(-c3ccccn3)nc(Nc3ccncc3F)c12)c1ccccc1. The van der Waals surface area contributed by atoms with Gasteiger partial charge in [0, 0.05) is 31.7 Å². The topological polar surface area (TPSA) is 100 Å². The first-order valence-electron chi connectivity index (χ1n) is 10.8. The van der Waals surface area contributed by atoms with Gasteiger partial charge in [-0.1, -0.05) is 36.4 Å². The molecule has 4 heterocycles. The molecule has 1 atom stereocenters. The number of benzene rings is 1. The number of pyridine rings is 2. The van der Waals surface area contributed by atoms with Gasteiger partial charge in [-0.3, -0.25) is 9.97 Å². The highest BCUT2D eigenvalue weighted by molar-refractivity contribution is 5.78. The molecule has 5 rings (SSSR count). The molecule has 0 aliphatic heterocycles. The number of aliphatic hydroxyl groups is 1. The summed E-state index contributed by atoms with van der Waals surface area (Å²) in [6.45, 7) is 0.830. The van der Waals surface area contributed by atoms with Gasteiger partial charge in [-0.2, -0.15) is 0 Å².